The summed E-state index contributed by atoms with van der Waals surface area (Å²) in [6, 6.07) is 16.9. The predicted octanol–water partition coefficient (Wildman–Crippen LogP) is 4.43. The van der Waals surface area contributed by atoms with Crippen molar-refractivity contribution >= 4 is 0 Å². The van der Waals surface area contributed by atoms with Gasteiger partial charge in [-0.05, 0) is 51.0 Å². The fraction of sp³-hybridized carbons (Fsp3) is 0.368. The van der Waals surface area contributed by atoms with E-state index in [1.807, 2.05) is 12.1 Å². The molecule has 0 aliphatic carbocycles. The van der Waals surface area contributed by atoms with Gasteiger partial charge in [0.25, 0.3) is 0 Å². The van der Waals surface area contributed by atoms with Crippen molar-refractivity contribution in [2.75, 3.05) is 13.2 Å². The first-order chi connectivity index (χ1) is 9.94. The van der Waals surface area contributed by atoms with E-state index in [1.54, 1.807) is 0 Å². The fourth-order valence-corrected chi connectivity index (χ4v) is 2.08. The molecule has 21 heavy (non-hydrogen) atoms. The highest BCUT2D eigenvalue weighted by atomic mass is 16.5. The number of aryl methyl sites for hydroxylation is 1. The Kier molecular flexibility index (Phi) is 5.03. The zero-order chi connectivity index (χ0) is 15.3. The smallest absolute Gasteiger partial charge is 0.119 e. The van der Waals surface area contributed by atoms with Gasteiger partial charge in [0.15, 0.2) is 0 Å². The first-order valence-electron chi connectivity index (χ1n) is 7.49. The molecule has 0 fully saturated rings. The third kappa shape index (κ3) is 5.24. The van der Waals surface area contributed by atoms with Crippen LogP contribution in [0.25, 0.3) is 11.1 Å². The normalized spacial score (nSPS) is 11.4. The molecule has 2 heteroatoms. The van der Waals surface area contributed by atoms with Crippen LogP contribution in [0, 0.1) is 6.92 Å². The maximum absolute atomic E-state index is 5.75. The first-order valence-corrected chi connectivity index (χ1v) is 7.49. The van der Waals surface area contributed by atoms with Crippen LogP contribution < -0.4 is 10.1 Å². The Hall–Kier alpha value is -1.80. The lowest BCUT2D eigenvalue weighted by Gasteiger charge is -2.20. The quantitative estimate of drug-likeness (QED) is 0.820. The van der Waals surface area contributed by atoms with Crippen LogP contribution in [0.4, 0.5) is 0 Å². The fourth-order valence-electron chi connectivity index (χ4n) is 2.08. The van der Waals surface area contributed by atoms with E-state index in [-0.39, 0.29) is 5.54 Å². The Morgan fingerprint density at radius 1 is 0.857 bits per heavy atom. The highest BCUT2D eigenvalue weighted by molar-refractivity contribution is 5.64. The van der Waals surface area contributed by atoms with Gasteiger partial charge >= 0.3 is 0 Å². The third-order valence-electron chi connectivity index (χ3n) is 3.27. The van der Waals surface area contributed by atoms with Crippen LogP contribution in [0.3, 0.4) is 0 Å². The summed E-state index contributed by atoms with van der Waals surface area (Å²) in [5, 5.41) is 3.41. The van der Waals surface area contributed by atoms with Gasteiger partial charge in [0.2, 0.25) is 0 Å². The van der Waals surface area contributed by atoms with Gasteiger partial charge in [0.1, 0.15) is 12.4 Å². The number of hydrogen-bond acceptors (Lipinski definition) is 2. The molecule has 0 radical (unpaired) electrons. The second kappa shape index (κ2) is 6.77. The second-order valence-electron chi connectivity index (χ2n) is 6.42. The van der Waals surface area contributed by atoms with Crippen LogP contribution in [0.1, 0.15) is 26.3 Å². The molecule has 0 saturated carbocycles. The molecular weight excluding hydrogens is 258 g/mol. The molecule has 0 aliphatic heterocycles. The van der Waals surface area contributed by atoms with Gasteiger partial charge in [-0.1, -0.05) is 42.0 Å². The van der Waals surface area contributed by atoms with E-state index in [0.717, 1.165) is 12.3 Å². The summed E-state index contributed by atoms with van der Waals surface area (Å²) in [4.78, 5) is 0. The molecule has 2 nitrogen and oxygen atoms in total. The number of ether oxygens (including phenoxy) is 1. The standard InChI is InChI=1S/C19H25NO/c1-15-5-7-16(8-6-15)17-9-11-18(12-10-17)21-14-13-20-19(2,3)4/h5-12,20H,13-14H2,1-4H3. The lowest BCUT2D eigenvalue weighted by atomic mass is 10.0. The summed E-state index contributed by atoms with van der Waals surface area (Å²) >= 11 is 0. The van der Waals surface area contributed by atoms with E-state index < -0.39 is 0 Å². The summed E-state index contributed by atoms with van der Waals surface area (Å²) in [5.74, 6) is 0.918. The summed E-state index contributed by atoms with van der Waals surface area (Å²) in [7, 11) is 0. The van der Waals surface area contributed by atoms with Gasteiger partial charge in [-0.15, -0.1) is 0 Å². The van der Waals surface area contributed by atoms with Crippen molar-refractivity contribution in [2.45, 2.75) is 33.2 Å². The van der Waals surface area contributed by atoms with Crippen molar-refractivity contribution in [2.24, 2.45) is 0 Å². The molecule has 2 aromatic rings. The van der Waals surface area contributed by atoms with Crippen LogP contribution in [0.5, 0.6) is 5.75 Å². The van der Waals surface area contributed by atoms with Crippen LogP contribution >= 0.6 is 0 Å². The molecule has 0 bridgehead atoms. The van der Waals surface area contributed by atoms with Crippen LogP contribution in [-0.2, 0) is 0 Å². The Morgan fingerprint density at radius 2 is 1.38 bits per heavy atom. The average molecular weight is 283 g/mol. The van der Waals surface area contributed by atoms with Gasteiger partial charge in [-0.2, -0.15) is 0 Å². The molecule has 2 aromatic carbocycles. The van der Waals surface area contributed by atoms with E-state index in [1.165, 1.54) is 16.7 Å². The minimum absolute atomic E-state index is 0.138. The van der Waals surface area contributed by atoms with E-state index in [9.17, 15) is 0 Å². The van der Waals surface area contributed by atoms with Crippen molar-refractivity contribution in [3.05, 3.63) is 54.1 Å². The predicted molar refractivity (Wildman–Crippen MR) is 89.9 cm³/mol. The summed E-state index contributed by atoms with van der Waals surface area (Å²) < 4.78 is 5.75. The van der Waals surface area contributed by atoms with Gasteiger partial charge in [-0.3, -0.25) is 0 Å². The third-order valence-corrected chi connectivity index (χ3v) is 3.27. The van der Waals surface area contributed by atoms with Crippen molar-refractivity contribution in [3.8, 4) is 16.9 Å². The molecule has 2 rings (SSSR count). The van der Waals surface area contributed by atoms with Gasteiger partial charge in [0, 0.05) is 12.1 Å². The van der Waals surface area contributed by atoms with Crippen molar-refractivity contribution in [1.29, 1.82) is 0 Å². The maximum Gasteiger partial charge on any atom is 0.119 e. The van der Waals surface area contributed by atoms with Gasteiger partial charge in [-0.25, -0.2) is 0 Å². The van der Waals surface area contributed by atoms with Crippen molar-refractivity contribution in [1.82, 2.24) is 5.32 Å². The molecule has 0 atom stereocenters. The molecule has 0 saturated heterocycles. The summed E-state index contributed by atoms with van der Waals surface area (Å²) in [5.41, 5.74) is 3.88. The SMILES string of the molecule is Cc1ccc(-c2ccc(OCCNC(C)(C)C)cc2)cc1. The number of benzene rings is 2. The zero-order valence-corrected chi connectivity index (χ0v) is 13.4. The monoisotopic (exact) mass is 283 g/mol. The molecule has 0 spiro atoms. The Morgan fingerprint density at radius 3 is 1.90 bits per heavy atom. The first kappa shape index (κ1) is 15.6. The molecule has 1 N–H and O–H groups in total. The van der Waals surface area contributed by atoms with Gasteiger partial charge < -0.3 is 10.1 Å². The van der Waals surface area contributed by atoms with Gasteiger partial charge in [0.05, 0.1) is 0 Å². The maximum atomic E-state index is 5.75. The van der Waals surface area contributed by atoms with E-state index in [2.05, 4.69) is 69.4 Å². The second-order valence-corrected chi connectivity index (χ2v) is 6.42. The number of nitrogens with one attached hydrogen (secondary N) is 1. The Labute approximate surface area is 128 Å². The summed E-state index contributed by atoms with van der Waals surface area (Å²) in [6.07, 6.45) is 0. The van der Waals surface area contributed by atoms with Crippen LogP contribution in [0.15, 0.2) is 48.5 Å². The van der Waals surface area contributed by atoms with Crippen molar-refractivity contribution < 1.29 is 4.74 Å². The minimum atomic E-state index is 0.138. The van der Waals surface area contributed by atoms with Crippen LogP contribution in [0.2, 0.25) is 0 Å². The lowest BCUT2D eigenvalue weighted by Crippen LogP contribution is -2.38. The highest BCUT2D eigenvalue weighted by Crippen LogP contribution is 2.22. The minimum Gasteiger partial charge on any atom is -0.492 e. The van der Waals surface area contributed by atoms with Crippen LogP contribution in [-0.4, -0.2) is 18.7 Å². The average Bonchev–Trinajstić information content (AvgIpc) is 2.44. The molecule has 0 aromatic heterocycles. The lowest BCUT2D eigenvalue weighted by molar-refractivity contribution is 0.291. The molecule has 112 valence electrons. The Bertz CT molecular complexity index is 550. The molecule has 0 heterocycles. The molecular formula is C19H25NO. The van der Waals surface area contributed by atoms with E-state index >= 15 is 0 Å². The molecule has 0 amide bonds. The van der Waals surface area contributed by atoms with E-state index in [0.29, 0.717) is 6.61 Å². The highest BCUT2D eigenvalue weighted by Gasteiger charge is 2.07. The Balaban J connectivity index is 1.89. The number of hydrogen-bond donors (Lipinski definition) is 1. The number of rotatable bonds is 5. The van der Waals surface area contributed by atoms with E-state index in [4.69, 9.17) is 4.74 Å². The largest absolute Gasteiger partial charge is 0.492 e. The zero-order valence-electron chi connectivity index (χ0n) is 13.4. The molecule has 0 aliphatic rings. The van der Waals surface area contributed by atoms with Crippen molar-refractivity contribution in [3.63, 3.8) is 0 Å². The summed E-state index contributed by atoms with van der Waals surface area (Å²) in [6.45, 7) is 10.1. The molecule has 0 unspecified atom stereocenters. The topological polar surface area (TPSA) is 21.3 Å².